The summed E-state index contributed by atoms with van der Waals surface area (Å²) in [6.45, 7) is 0. The van der Waals surface area contributed by atoms with Gasteiger partial charge in [-0.1, -0.05) is 22.0 Å². The van der Waals surface area contributed by atoms with Crippen molar-refractivity contribution >= 4 is 38.5 Å². The van der Waals surface area contributed by atoms with Crippen LogP contribution in [0, 0.1) is 21.0 Å². The zero-order chi connectivity index (χ0) is 14.9. The number of benzene rings is 2. The molecule has 20 heavy (non-hydrogen) atoms. The molecule has 0 aliphatic heterocycles. The van der Waals surface area contributed by atoms with Crippen LogP contribution in [0.2, 0.25) is 0 Å². The van der Waals surface area contributed by atoms with Gasteiger partial charge in [-0.15, -0.1) is 0 Å². The van der Waals surface area contributed by atoms with Crippen molar-refractivity contribution in [3.63, 3.8) is 0 Å². The molecule has 0 fully saturated rings. The smallest absolute Gasteiger partial charge is 0.194 e. The van der Waals surface area contributed by atoms with Crippen LogP contribution in [0.25, 0.3) is 0 Å². The van der Waals surface area contributed by atoms with E-state index in [9.17, 15) is 13.2 Å². The van der Waals surface area contributed by atoms with Gasteiger partial charge in [-0.25, -0.2) is 18.6 Å². The lowest BCUT2D eigenvalue weighted by Gasteiger charge is -2.19. The zero-order valence-electron chi connectivity index (χ0n) is 9.93. The van der Waals surface area contributed by atoms with Crippen LogP contribution >= 0.6 is 38.5 Å². The van der Waals surface area contributed by atoms with Gasteiger partial charge < -0.3 is 0 Å². The second kappa shape index (κ2) is 6.42. The topological polar surface area (TPSA) is 38.0 Å². The van der Waals surface area contributed by atoms with Crippen molar-refractivity contribution in [2.75, 3.05) is 0 Å². The summed E-state index contributed by atoms with van der Waals surface area (Å²) >= 11 is 5.37. The fraction of sp³-hybridized carbons (Fsp3) is 0.0769. The van der Waals surface area contributed by atoms with Gasteiger partial charge in [0.15, 0.2) is 17.5 Å². The molecule has 0 saturated heterocycles. The molecule has 0 amide bonds. The van der Waals surface area contributed by atoms with Gasteiger partial charge in [-0.05, 0) is 52.4 Å². The summed E-state index contributed by atoms with van der Waals surface area (Å²) in [5.41, 5.74) is 3.04. The van der Waals surface area contributed by atoms with E-state index in [1.165, 1.54) is 6.07 Å². The Morgan fingerprint density at radius 3 is 2.40 bits per heavy atom. The van der Waals surface area contributed by atoms with E-state index in [-0.39, 0.29) is 5.56 Å². The Morgan fingerprint density at radius 1 is 1.05 bits per heavy atom. The van der Waals surface area contributed by atoms with Crippen molar-refractivity contribution in [2.24, 2.45) is 5.84 Å². The quantitative estimate of drug-likeness (QED) is 0.317. The number of hydrogen-bond acceptors (Lipinski definition) is 2. The summed E-state index contributed by atoms with van der Waals surface area (Å²) in [4.78, 5) is 0. The standard InChI is InChI=1S/C13H9BrF3IN2/c14-6-1-4-10(18)8(5-6)13(20-19)7-2-3-9(15)12(17)11(7)16/h1-5,13,20H,19H2. The van der Waals surface area contributed by atoms with Crippen LogP contribution in [-0.2, 0) is 0 Å². The Labute approximate surface area is 135 Å². The average Bonchev–Trinajstić information content (AvgIpc) is 2.43. The third-order valence-electron chi connectivity index (χ3n) is 2.81. The molecule has 1 unspecified atom stereocenters. The highest BCUT2D eigenvalue weighted by Crippen LogP contribution is 2.31. The first kappa shape index (κ1) is 15.7. The highest BCUT2D eigenvalue weighted by Gasteiger charge is 2.23. The van der Waals surface area contributed by atoms with Gasteiger partial charge in [0.05, 0.1) is 6.04 Å². The van der Waals surface area contributed by atoms with Crippen molar-refractivity contribution < 1.29 is 13.2 Å². The van der Waals surface area contributed by atoms with Gasteiger partial charge in [0.1, 0.15) is 0 Å². The second-order valence-electron chi connectivity index (χ2n) is 4.03. The monoisotopic (exact) mass is 456 g/mol. The fourth-order valence-corrected chi connectivity index (χ4v) is 2.87. The summed E-state index contributed by atoms with van der Waals surface area (Å²) in [6.07, 6.45) is 0. The van der Waals surface area contributed by atoms with E-state index in [0.29, 0.717) is 5.56 Å². The maximum Gasteiger partial charge on any atom is 0.194 e. The minimum atomic E-state index is -1.51. The van der Waals surface area contributed by atoms with E-state index in [1.807, 2.05) is 12.1 Å². The average molecular weight is 457 g/mol. The summed E-state index contributed by atoms with van der Waals surface area (Å²) in [5.74, 6) is 1.48. The molecule has 0 spiro atoms. The highest BCUT2D eigenvalue weighted by atomic mass is 127. The van der Waals surface area contributed by atoms with Crippen molar-refractivity contribution in [1.82, 2.24) is 5.43 Å². The molecule has 3 N–H and O–H groups in total. The van der Waals surface area contributed by atoms with Gasteiger partial charge in [0.25, 0.3) is 0 Å². The lowest BCUT2D eigenvalue weighted by molar-refractivity contribution is 0.433. The van der Waals surface area contributed by atoms with Gasteiger partial charge in [-0.2, -0.15) is 0 Å². The second-order valence-corrected chi connectivity index (χ2v) is 6.11. The number of nitrogens with one attached hydrogen (secondary N) is 1. The van der Waals surface area contributed by atoms with Gasteiger partial charge in [-0.3, -0.25) is 5.84 Å². The molecule has 0 heterocycles. The van der Waals surface area contributed by atoms with E-state index in [1.54, 1.807) is 6.07 Å². The molecule has 0 bridgehead atoms. The Balaban J connectivity index is 2.58. The molecule has 7 heteroatoms. The Hall–Kier alpha value is -0.640. The Kier molecular flexibility index (Phi) is 5.05. The molecule has 106 valence electrons. The summed E-state index contributed by atoms with van der Waals surface area (Å²) in [5, 5.41) is 0. The van der Waals surface area contributed by atoms with E-state index in [2.05, 4.69) is 43.9 Å². The predicted molar refractivity (Wildman–Crippen MR) is 82.3 cm³/mol. The maximum atomic E-state index is 13.9. The Bertz CT molecular complexity index is 652. The normalized spacial score (nSPS) is 12.5. The lowest BCUT2D eigenvalue weighted by atomic mass is 9.98. The Morgan fingerprint density at radius 2 is 1.75 bits per heavy atom. The van der Waals surface area contributed by atoms with Crippen LogP contribution in [0.5, 0.6) is 0 Å². The van der Waals surface area contributed by atoms with Crippen LogP contribution in [0.4, 0.5) is 13.2 Å². The number of nitrogens with two attached hydrogens (primary N) is 1. The molecule has 2 aromatic rings. The first-order valence-electron chi connectivity index (χ1n) is 5.50. The summed E-state index contributed by atoms with van der Waals surface area (Å²) in [6, 6.07) is 6.64. The molecular weight excluding hydrogens is 448 g/mol. The summed E-state index contributed by atoms with van der Waals surface area (Å²) < 4.78 is 41.8. The molecule has 2 aromatic carbocycles. The van der Waals surface area contributed by atoms with Crippen LogP contribution in [-0.4, -0.2) is 0 Å². The molecule has 2 rings (SSSR count). The van der Waals surface area contributed by atoms with Crippen LogP contribution in [0.15, 0.2) is 34.8 Å². The maximum absolute atomic E-state index is 13.9. The van der Waals surface area contributed by atoms with Gasteiger partial charge in [0.2, 0.25) is 0 Å². The molecule has 0 radical (unpaired) electrons. The highest BCUT2D eigenvalue weighted by molar-refractivity contribution is 14.1. The molecule has 0 aromatic heterocycles. The molecule has 1 atom stereocenters. The van der Waals surface area contributed by atoms with Crippen molar-refractivity contribution in [3.05, 3.63) is 67.0 Å². The zero-order valence-corrected chi connectivity index (χ0v) is 13.7. The predicted octanol–water partition coefficient (Wildman–Crippen LogP) is 4.02. The number of hydrazine groups is 1. The molecule has 0 aliphatic rings. The van der Waals surface area contributed by atoms with Crippen LogP contribution in [0.1, 0.15) is 17.2 Å². The molecule has 2 nitrogen and oxygen atoms in total. The number of hydrogen-bond donors (Lipinski definition) is 2. The van der Waals surface area contributed by atoms with E-state index in [0.717, 1.165) is 14.1 Å². The third kappa shape index (κ3) is 3.00. The molecule has 0 saturated carbocycles. The van der Waals surface area contributed by atoms with Gasteiger partial charge >= 0.3 is 0 Å². The van der Waals surface area contributed by atoms with Crippen molar-refractivity contribution in [1.29, 1.82) is 0 Å². The van der Waals surface area contributed by atoms with Gasteiger partial charge in [0, 0.05) is 13.6 Å². The van der Waals surface area contributed by atoms with Crippen LogP contribution in [0.3, 0.4) is 0 Å². The number of rotatable bonds is 3. The SMILES string of the molecule is NNC(c1cc(Br)ccc1I)c1ccc(F)c(F)c1F. The number of halogens is 5. The molecular formula is C13H9BrF3IN2. The first-order chi connectivity index (χ1) is 9.45. The minimum absolute atomic E-state index is 0.0533. The fourth-order valence-electron chi connectivity index (χ4n) is 1.85. The molecule has 0 aliphatic carbocycles. The summed E-state index contributed by atoms with van der Waals surface area (Å²) in [7, 11) is 0. The van der Waals surface area contributed by atoms with E-state index >= 15 is 0 Å². The largest absolute Gasteiger partial charge is 0.271 e. The van der Waals surface area contributed by atoms with E-state index < -0.39 is 23.5 Å². The third-order valence-corrected chi connectivity index (χ3v) is 4.29. The van der Waals surface area contributed by atoms with E-state index in [4.69, 9.17) is 5.84 Å². The van der Waals surface area contributed by atoms with Crippen molar-refractivity contribution in [3.8, 4) is 0 Å². The van der Waals surface area contributed by atoms with Crippen LogP contribution < -0.4 is 11.3 Å². The minimum Gasteiger partial charge on any atom is -0.271 e. The first-order valence-corrected chi connectivity index (χ1v) is 7.37. The lowest BCUT2D eigenvalue weighted by Crippen LogP contribution is -2.30. The van der Waals surface area contributed by atoms with Crippen molar-refractivity contribution in [2.45, 2.75) is 6.04 Å².